The average Bonchev–Trinajstić information content (AvgIpc) is 3.25. The number of hydrogen-bond donors (Lipinski definition) is 0. The van der Waals surface area contributed by atoms with Gasteiger partial charge < -0.3 is 9.64 Å². The van der Waals surface area contributed by atoms with Crippen LogP contribution < -0.4 is 4.74 Å². The summed E-state index contributed by atoms with van der Waals surface area (Å²) in [6, 6.07) is 22.9. The van der Waals surface area contributed by atoms with Gasteiger partial charge in [0.05, 0.1) is 7.11 Å². The van der Waals surface area contributed by atoms with Gasteiger partial charge in [-0.05, 0) is 66.3 Å². The van der Waals surface area contributed by atoms with Crippen LogP contribution in [0.3, 0.4) is 0 Å². The SMILES string of the molecule is COc1cccc([C@@H]2CN(Cc3cccc(C)c3)C[C@H]2CN(CC(C)C)C(=O)c2ccc(F)cc2)c1. The van der Waals surface area contributed by atoms with E-state index in [1.54, 1.807) is 19.2 Å². The van der Waals surface area contributed by atoms with Crippen molar-refractivity contribution in [3.8, 4) is 5.75 Å². The maximum absolute atomic E-state index is 13.5. The number of carbonyl (C=O) groups excluding carboxylic acids is 1. The molecule has 3 aromatic rings. The molecule has 0 radical (unpaired) electrons. The summed E-state index contributed by atoms with van der Waals surface area (Å²) in [6.45, 7) is 10.4. The number of ether oxygens (including phenoxy) is 1. The smallest absolute Gasteiger partial charge is 0.253 e. The van der Waals surface area contributed by atoms with Crippen molar-refractivity contribution >= 4 is 5.91 Å². The molecule has 4 nitrogen and oxygen atoms in total. The van der Waals surface area contributed by atoms with E-state index in [2.05, 4.69) is 62.1 Å². The first-order valence-electron chi connectivity index (χ1n) is 12.8. The Kier molecular flexibility index (Phi) is 8.42. The van der Waals surface area contributed by atoms with Crippen LogP contribution in [-0.4, -0.2) is 49.0 Å². The van der Waals surface area contributed by atoms with Gasteiger partial charge in [-0.15, -0.1) is 0 Å². The van der Waals surface area contributed by atoms with Crippen molar-refractivity contribution in [3.63, 3.8) is 0 Å². The van der Waals surface area contributed by atoms with Crippen LogP contribution in [0.1, 0.15) is 46.8 Å². The Hall–Kier alpha value is -3.18. The zero-order valence-corrected chi connectivity index (χ0v) is 21.8. The van der Waals surface area contributed by atoms with E-state index >= 15 is 0 Å². The standard InChI is InChI=1S/C31H37FN2O2/c1-22(2)17-34(31(35)25-11-13-28(32)14-12-25)20-27-19-33(18-24-8-5-7-23(3)15-24)21-30(27)26-9-6-10-29(16-26)36-4/h5-16,22,27,30H,17-21H2,1-4H3/t27-,30-/m0/s1. The van der Waals surface area contributed by atoms with Gasteiger partial charge in [0.15, 0.2) is 0 Å². The Morgan fingerprint density at radius 1 is 1.06 bits per heavy atom. The molecule has 4 rings (SSSR count). The number of nitrogens with zero attached hydrogens (tertiary/aromatic N) is 2. The van der Waals surface area contributed by atoms with Crippen molar-refractivity contribution in [2.75, 3.05) is 33.3 Å². The minimum atomic E-state index is -0.331. The van der Waals surface area contributed by atoms with Crippen LogP contribution in [0.2, 0.25) is 0 Å². The summed E-state index contributed by atoms with van der Waals surface area (Å²) in [5.74, 6) is 1.36. The number of aryl methyl sites for hydroxylation is 1. The van der Waals surface area contributed by atoms with E-state index in [-0.39, 0.29) is 23.6 Å². The Labute approximate surface area is 214 Å². The Balaban J connectivity index is 1.60. The first-order chi connectivity index (χ1) is 17.3. The van der Waals surface area contributed by atoms with Crippen LogP contribution in [-0.2, 0) is 6.54 Å². The van der Waals surface area contributed by atoms with Crippen LogP contribution in [0, 0.1) is 24.6 Å². The highest BCUT2D eigenvalue weighted by atomic mass is 19.1. The molecule has 1 amide bonds. The molecule has 0 aliphatic carbocycles. The zero-order chi connectivity index (χ0) is 25.7. The Morgan fingerprint density at radius 3 is 2.50 bits per heavy atom. The molecule has 2 atom stereocenters. The van der Waals surface area contributed by atoms with Gasteiger partial charge >= 0.3 is 0 Å². The first-order valence-corrected chi connectivity index (χ1v) is 12.8. The third-order valence-electron chi connectivity index (χ3n) is 6.95. The Bertz CT molecular complexity index is 1160. The van der Waals surface area contributed by atoms with E-state index in [1.807, 2.05) is 17.0 Å². The van der Waals surface area contributed by atoms with Gasteiger partial charge in [-0.3, -0.25) is 9.69 Å². The molecule has 190 valence electrons. The number of likely N-dealkylation sites (tertiary alicyclic amines) is 1. The van der Waals surface area contributed by atoms with Crippen molar-refractivity contribution in [3.05, 3.63) is 101 Å². The molecule has 0 spiro atoms. The maximum Gasteiger partial charge on any atom is 0.253 e. The fourth-order valence-electron chi connectivity index (χ4n) is 5.33. The van der Waals surface area contributed by atoms with E-state index in [1.165, 1.54) is 28.8 Å². The molecule has 1 saturated heterocycles. The lowest BCUT2D eigenvalue weighted by Gasteiger charge is -2.30. The third-order valence-corrected chi connectivity index (χ3v) is 6.95. The van der Waals surface area contributed by atoms with Gasteiger partial charge in [-0.25, -0.2) is 4.39 Å². The highest BCUT2D eigenvalue weighted by Gasteiger charge is 2.36. The van der Waals surface area contributed by atoms with E-state index in [4.69, 9.17) is 4.74 Å². The van der Waals surface area contributed by atoms with Crippen LogP contribution in [0.5, 0.6) is 5.75 Å². The molecule has 5 heteroatoms. The lowest BCUT2D eigenvalue weighted by atomic mass is 9.88. The Morgan fingerprint density at radius 2 is 1.81 bits per heavy atom. The van der Waals surface area contributed by atoms with Crippen molar-refractivity contribution in [2.24, 2.45) is 11.8 Å². The number of hydrogen-bond acceptors (Lipinski definition) is 3. The molecule has 0 bridgehead atoms. The summed E-state index contributed by atoms with van der Waals surface area (Å²) < 4.78 is 19.0. The largest absolute Gasteiger partial charge is 0.497 e. The molecule has 1 fully saturated rings. The molecule has 0 unspecified atom stereocenters. The van der Waals surface area contributed by atoms with Gasteiger partial charge in [0, 0.05) is 44.2 Å². The van der Waals surface area contributed by atoms with E-state index in [9.17, 15) is 9.18 Å². The summed E-state index contributed by atoms with van der Waals surface area (Å²) in [5, 5.41) is 0. The van der Waals surface area contributed by atoms with E-state index < -0.39 is 0 Å². The predicted molar refractivity (Wildman–Crippen MR) is 143 cm³/mol. The minimum absolute atomic E-state index is 0.0368. The topological polar surface area (TPSA) is 32.8 Å². The number of carbonyl (C=O) groups is 1. The fraction of sp³-hybridized carbons (Fsp3) is 0.387. The average molecular weight is 489 g/mol. The van der Waals surface area contributed by atoms with Crippen LogP contribution in [0.15, 0.2) is 72.8 Å². The van der Waals surface area contributed by atoms with Crippen LogP contribution >= 0.6 is 0 Å². The molecule has 1 heterocycles. The second kappa shape index (κ2) is 11.7. The molecule has 0 N–H and O–H groups in total. The molecule has 36 heavy (non-hydrogen) atoms. The van der Waals surface area contributed by atoms with Crippen molar-refractivity contribution in [1.29, 1.82) is 0 Å². The number of rotatable bonds is 9. The number of methoxy groups -OCH3 is 1. The quantitative estimate of drug-likeness (QED) is 0.362. The number of amides is 1. The van der Waals surface area contributed by atoms with Gasteiger partial charge in [0.1, 0.15) is 11.6 Å². The van der Waals surface area contributed by atoms with Crippen LogP contribution in [0.4, 0.5) is 4.39 Å². The number of benzene rings is 3. The van der Waals surface area contributed by atoms with E-state index in [0.717, 1.165) is 25.4 Å². The van der Waals surface area contributed by atoms with Crippen molar-refractivity contribution < 1.29 is 13.9 Å². The summed E-state index contributed by atoms with van der Waals surface area (Å²) >= 11 is 0. The molecule has 1 aliphatic rings. The van der Waals surface area contributed by atoms with Gasteiger partial charge in [0.2, 0.25) is 0 Å². The molecule has 0 aromatic heterocycles. The summed E-state index contributed by atoms with van der Waals surface area (Å²) in [4.78, 5) is 18.0. The highest BCUT2D eigenvalue weighted by molar-refractivity contribution is 5.94. The monoisotopic (exact) mass is 488 g/mol. The maximum atomic E-state index is 13.5. The number of halogens is 1. The van der Waals surface area contributed by atoms with Crippen molar-refractivity contribution in [2.45, 2.75) is 33.2 Å². The summed E-state index contributed by atoms with van der Waals surface area (Å²) in [6.07, 6.45) is 0. The normalized spacial score (nSPS) is 17.9. The van der Waals surface area contributed by atoms with Gasteiger partial charge in [-0.1, -0.05) is 55.8 Å². The molecular formula is C31H37FN2O2. The lowest BCUT2D eigenvalue weighted by molar-refractivity contribution is 0.0703. The summed E-state index contributed by atoms with van der Waals surface area (Å²) in [5.41, 5.74) is 4.34. The molecule has 0 saturated carbocycles. The fourth-order valence-corrected chi connectivity index (χ4v) is 5.33. The highest BCUT2D eigenvalue weighted by Crippen LogP contribution is 2.36. The lowest BCUT2D eigenvalue weighted by Crippen LogP contribution is -2.39. The summed E-state index contributed by atoms with van der Waals surface area (Å²) in [7, 11) is 1.70. The molecule has 1 aliphatic heterocycles. The second-order valence-corrected chi connectivity index (χ2v) is 10.4. The minimum Gasteiger partial charge on any atom is -0.497 e. The molecule has 3 aromatic carbocycles. The van der Waals surface area contributed by atoms with Gasteiger partial charge in [0.25, 0.3) is 5.91 Å². The van der Waals surface area contributed by atoms with Crippen molar-refractivity contribution in [1.82, 2.24) is 9.80 Å². The first kappa shape index (κ1) is 25.9. The third kappa shape index (κ3) is 6.52. The zero-order valence-electron chi connectivity index (χ0n) is 21.8. The molecular weight excluding hydrogens is 451 g/mol. The van der Waals surface area contributed by atoms with Crippen LogP contribution in [0.25, 0.3) is 0 Å². The van der Waals surface area contributed by atoms with E-state index in [0.29, 0.717) is 24.6 Å². The van der Waals surface area contributed by atoms with Gasteiger partial charge in [-0.2, -0.15) is 0 Å². The predicted octanol–water partition coefficient (Wildman–Crippen LogP) is 6.16. The second-order valence-electron chi connectivity index (χ2n) is 10.4.